The van der Waals surface area contributed by atoms with Crippen LogP contribution in [-0.4, -0.2) is 37.3 Å². The molecular weight excluding hydrogens is 210 g/mol. The van der Waals surface area contributed by atoms with Gasteiger partial charge in [-0.05, 0) is 5.92 Å². The van der Waals surface area contributed by atoms with Crippen molar-refractivity contribution in [2.75, 3.05) is 27.7 Å². The van der Waals surface area contributed by atoms with Crippen LogP contribution in [0.15, 0.2) is 25.5 Å². The molecule has 0 heterocycles. The van der Waals surface area contributed by atoms with Crippen LogP contribution < -0.4 is 0 Å². The third-order valence-corrected chi connectivity index (χ3v) is 2.11. The molecule has 0 saturated carbocycles. The van der Waals surface area contributed by atoms with E-state index in [1.54, 1.807) is 0 Å². The Hall–Kier alpha value is -0.760. The van der Waals surface area contributed by atoms with E-state index in [1.807, 2.05) is 0 Å². The quantitative estimate of drug-likeness (QED) is 0.432. The highest BCUT2D eigenvalue weighted by molar-refractivity contribution is 4.77. The fourth-order valence-corrected chi connectivity index (χ4v) is 0.757. The van der Waals surface area contributed by atoms with E-state index in [9.17, 15) is 0 Å². The van der Waals surface area contributed by atoms with Crippen molar-refractivity contribution in [3.05, 3.63) is 25.5 Å². The van der Waals surface area contributed by atoms with Gasteiger partial charge >= 0.3 is 0 Å². The molecule has 0 aliphatic rings. The summed E-state index contributed by atoms with van der Waals surface area (Å²) in [5.74, 6) is 1.18. The molecular formula is C15H34NO+. The standard InChI is InChI=1S/C8H17NO.C5H12.C2H4/c1-8(10)6-5-7-9(2,3)4;1-4-5(2)3;1-2/h1,5-7H2,2-4H3;5H,4H2,1-3H3;1-2H2/p+1. The Kier molecular flexibility index (Phi) is 16.8. The van der Waals surface area contributed by atoms with Crippen molar-refractivity contribution in [2.24, 2.45) is 5.92 Å². The van der Waals surface area contributed by atoms with Gasteiger partial charge in [0.2, 0.25) is 0 Å². The minimum absolute atomic E-state index is 0.299. The molecule has 0 saturated heterocycles. The Labute approximate surface area is 109 Å². The molecule has 2 heteroatoms. The molecule has 17 heavy (non-hydrogen) atoms. The van der Waals surface area contributed by atoms with Gasteiger partial charge in [-0.25, -0.2) is 0 Å². The largest absolute Gasteiger partial charge is 0.513 e. The lowest BCUT2D eigenvalue weighted by molar-refractivity contribution is -0.870. The van der Waals surface area contributed by atoms with Gasteiger partial charge in [-0.3, -0.25) is 0 Å². The fraction of sp³-hybridized carbons (Fsp3) is 0.733. The van der Waals surface area contributed by atoms with Crippen LogP contribution in [0.1, 0.15) is 40.0 Å². The Morgan fingerprint density at radius 1 is 1.18 bits per heavy atom. The minimum atomic E-state index is 0.299. The molecule has 104 valence electrons. The number of aliphatic hydroxyl groups excluding tert-OH is 1. The summed E-state index contributed by atoms with van der Waals surface area (Å²) in [6.45, 7) is 17.1. The second kappa shape index (κ2) is 13.3. The monoisotopic (exact) mass is 244 g/mol. The summed E-state index contributed by atoms with van der Waals surface area (Å²) >= 11 is 0. The van der Waals surface area contributed by atoms with Crippen molar-refractivity contribution >= 4 is 0 Å². The molecule has 1 N–H and O–H groups in total. The molecule has 0 aliphatic heterocycles. The average molecular weight is 244 g/mol. The smallest absolute Gasteiger partial charge is 0.0853 e. The highest BCUT2D eigenvalue weighted by Crippen LogP contribution is 2.01. The van der Waals surface area contributed by atoms with Crippen molar-refractivity contribution < 1.29 is 9.59 Å². The predicted molar refractivity (Wildman–Crippen MR) is 80.3 cm³/mol. The van der Waals surface area contributed by atoms with Gasteiger partial charge in [-0.1, -0.05) is 33.8 Å². The lowest BCUT2D eigenvalue weighted by Crippen LogP contribution is -2.35. The zero-order valence-corrected chi connectivity index (χ0v) is 12.9. The number of hydrogen-bond acceptors (Lipinski definition) is 1. The van der Waals surface area contributed by atoms with Crippen LogP contribution in [0.5, 0.6) is 0 Å². The first-order chi connectivity index (χ1) is 7.69. The van der Waals surface area contributed by atoms with Crippen molar-refractivity contribution in [3.8, 4) is 0 Å². The average Bonchev–Trinajstić information content (AvgIpc) is 2.19. The van der Waals surface area contributed by atoms with Crippen molar-refractivity contribution in [1.29, 1.82) is 0 Å². The summed E-state index contributed by atoms with van der Waals surface area (Å²) in [5.41, 5.74) is 0. The molecule has 0 aliphatic carbocycles. The third kappa shape index (κ3) is 39.3. The van der Waals surface area contributed by atoms with Crippen molar-refractivity contribution in [1.82, 2.24) is 0 Å². The topological polar surface area (TPSA) is 20.2 Å². The molecule has 0 aromatic rings. The molecule has 0 aromatic heterocycles. The van der Waals surface area contributed by atoms with Crippen LogP contribution in [0, 0.1) is 5.92 Å². The van der Waals surface area contributed by atoms with Crippen LogP contribution in [0.25, 0.3) is 0 Å². The lowest BCUT2D eigenvalue weighted by atomic mass is 10.2. The van der Waals surface area contributed by atoms with E-state index in [0.717, 1.165) is 29.8 Å². The molecule has 2 nitrogen and oxygen atoms in total. The van der Waals surface area contributed by atoms with E-state index < -0.39 is 0 Å². The van der Waals surface area contributed by atoms with Crippen molar-refractivity contribution in [3.63, 3.8) is 0 Å². The zero-order chi connectivity index (χ0) is 14.5. The summed E-state index contributed by atoms with van der Waals surface area (Å²) in [6.07, 6.45) is 3.05. The highest BCUT2D eigenvalue weighted by atomic mass is 16.3. The Bertz CT molecular complexity index is 168. The van der Waals surface area contributed by atoms with Crippen LogP contribution in [0.2, 0.25) is 0 Å². The molecule has 0 bridgehead atoms. The number of hydrogen-bond donors (Lipinski definition) is 1. The van der Waals surface area contributed by atoms with Gasteiger partial charge in [-0.2, -0.15) is 0 Å². The lowest BCUT2D eigenvalue weighted by Gasteiger charge is -2.23. The first-order valence-corrected chi connectivity index (χ1v) is 6.36. The second-order valence-electron chi connectivity index (χ2n) is 5.49. The van der Waals surface area contributed by atoms with E-state index in [1.165, 1.54) is 6.42 Å². The summed E-state index contributed by atoms with van der Waals surface area (Å²) in [4.78, 5) is 0. The molecule has 0 atom stereocenters. The van der Waals surface area contributed by atoms with Gasteiger partial charge in [0.25, 0.3) is 0 Å². The predicted octanol–water partition coefficient (Wildman–Crippen LogP) is 4.40. The normalized spacial score (nSPS) is 9.82. The summed E-state index contributed by atoms with van der Waals surface area (Å²) in [5, 5.41) is 8.75. The van der Waals surface area contributed by atoms with Gasteiger partial charge in [0, 0.05) is 12.8 Å². The first kappa shape index (κ1) is 21.5. The fourth-order valence-electron chi connectivity index (χ4n) is 0.757. The van der Waals surface area contributed by atoms with Crippen LogP contribution >= 0.6 is 0 Å². The summed E-state index contributed by atoms with van der Waals surface area (Å²) in [7, 11) is 6.42. The van der Waals surface area contributed by atoms with E-state index >= 15 is 0 Å². The highest BCUT2D eigenvalue weighted by Gasteiger charge is 2.05. The van der Waals surface area contributed by atoms with E-state index in [0.29, 0.717) is 5.76 Å². The summed E-state index contributed by atoms with van der Waals surface area (Å²) < 4.78 is 0.952. The number of rotatable bonds is 5. The number of aliphatic hydroxyl groups is 1. The van der Waals surface area contributed by atoms with Crippen LogP contribution in [0.4, 0.5) is 0 Å². The Balaban J connectivity index is -0.000000236. The molecule has 0 spiro atoms. The Morgan fingerprint density at radius 2 is 1.53 bits per heavy atom. The SMILES string of the molecule is C=C.C=C(O)CCC[N+](C)(C)C.CCC(C)C. The maximum absolute atomic E-state index is 8.75. The van der Waals surface area contributed by atoms with E-state index in [4.69, 9.17) is 5.11 Å². The first-order valence-electron chi connectivity index (χ1n) is 6.36. The second-order valence-corrected chi connectivity index (χ2v) is 5.49. The number of quaternary nitrogens is 1. The molecule has 0 aromatic carbocycles. The third-order valence-electron chi connectivity index (χ3n) is 2.11. The molecule has 0 rings (SSSR count). The molecule has 0 amide bonds. The molecule has 0 unspecified atom stereocenters. The maximum atomic E-state index is 8.75. The van der Waals surface area contributed by atoms with Gasteiger partial charge in [0.1, 0.15) is 0 Å². The van der Waals surface area contributed by atoms with E-state index in [-0.39, 0.29) is 0 Å². The minimum Gasteiger partial charge on any atom is -0.513 e. The van der Waals surface area contributed by atoms with Crippen molar-refractivity contribution in [2.45, 2.75) is 40.0 Å². The number of nitrogens with zero attached hydrogens (tertiary/aromatic N) is 1. The van der Waals surface area contributed by atoms with Gasteiger partial charge in [0.05, 0.1) is 33.4 Å². The number of allylic oxidation sites excluding steroid dienone is 1. The van der Waals surface area contributed by atoms with Gasteiger partial charge in [-0.15, -0.1) is 13.2 Å². The molecule has 0 radical (unpaired) electrons. The molecule has 0 fully saturated rings. The maximum Gasteiger partial charge on any atom is 0.0853 e. The summed E-state index contributed by atoms with van der Waals surface area (Å²) in [6, 6.07) is 0. The van der Waals surface area contributed by atoms with Crippen LogP contribution in [0.3, 0.4) is 0 Å². The van der Waals surface area contributed by atoms with Crippen LogP contribution in [-0.2, 0) is 0 Å². The van der Waals surface area contributed by atoms with E-state index in [2.05, 4.69) is 61.7 Å². The zero-order valence-electron chi connectivity index (χ0n) is 12.9. The van der Waals surface area contributed by atoms with Gasteiger partial charge < -0.3 is 9.59 Å². The Morgan fingerprint density at radius 3 is 1.71 bits per heavy atom. The van der Waals surface area contributed by atoms with Gasteiger partial charge in [0.15, 0.2) is 0 Å².